The maximum absolute atomic E-state index is 5.29. The molecule has 0 aliphatic heterocycles. The van der Waals surface area contributed by atoms with E-state index in [2.05, 4.69) is 191 Å². The first-order chi connectivity index (χ1) is 33.7. The van der Waals surface area contributed by atoms with Gasteiger partial charge >= 0.3 is 0 Å². The minimum absolute atomic E-state index is 0.568. The monoisotopic (exact) mass is 868 g/mol. The molecule has 6 heteroatoms. The van der Waals surface area contributed by atoms with E-state index in [4.69, 9.17) is 19.9 Å². The van der Waals surface area contributed by atoms with Crippen molar-refractivity contribution in [3.63, 3.8) is 0 Å². The number of benzene rings is 9. The summed E-state index contributed by atoms with van der Waals surface area (Å²) >= 11 is 0. The van der Waals surface area contributed by atoms with Gasteiger partial charge in [-0.05, 0) is 76.9 Å². The molecular weight excluding hydrogens is 829 g/mol. The number of fused-ring (bicyclic) bond motifs is 7. The average Bonchev–Trinajstić information content (AvgIpc) is 3.95. The van der Waals surface area contributed by atoms with Crippen LogP contribution in [-0.2, 0) is 0 Å². The first kappa shape index (κ1) is 39.1. The standard InChI is InChI=1S/C62H40N6/c1-5-19-41(20-6-1)45-27-17-29-47(37-45)53-40-48(39-52(63-53)42-21-7-2-8-22-42)46-28-18-30-49(38-46)67-54-33-15-13-31-50(54)58-56(67)35-36-57-59(58)51-32-14-16-34-55(51)68(57)62-65-60(43-23-9-3-10-24-43)64-61(66-62)44-25-11-4-12-26-44/h1-40H. The van der Waals surface area contributed by atoms with E-state index in [0.717, 1.165) is 88.9 Å². The Morgan fingerprint density at radius 3 is 1.29 bits per heavy atom. The second-order valence-electron chi connectivity index (χ2n) is 17.1. The molecular formula is C62H40N6. The predicted molar refractivity (Wildman–Crippen MR) is 279 cm³/mol. The fraction of sp³-hybridized carbons (Fsp3) is 0. The van der Waals surface area contributed by atoms with Crippen molar-refractivity contribution >= 4 is 43.6 Å². The van der Waals surface area contributed by atoms with Crippen LogP contribution >= 0.6 is 0 Å². The lowest BCUT2D eigenvalue weighted by atomic mass is 9.97. The highest BCUT2D eigenvalue weighted by Gasteiger charge is 2.23. The maximum atomic E-state index is 5.29. The summed E-state index contributed by atoms with van der Waals surface area (Å²) < 4.78 is 4.62. The van der Waals surface area contributed by atoms with Crippen LogP contribution in [0.2, 0.25) is 0 Å². The van der Waals surface area contributed by atoms with Crippen LogP contribution in [0.15, 0.2) is 243 Å². The second kappa shape index (κ2) is 16.3. The van der Waals surface area contributed by atoms with Crippen molar-refractivity contribution in [1.82, 2.24) is 29.1 Å². The number of hydrogen-bond acceptors (Lipinski definition) is 4. The van der Waals surface area contributed by atoms with Gasteiger partial charge in [0, 0.05) is 49.5 Å². The van der Waals surface area contributed by atoms with Gasteiger partial charge < -0.3 is 4.57 Å². The summed E-state index contributed by atoms with van der Waals surface area (Å²) in [5, 5.41) is 4.62. The number of hydrogen-bond donors (Lipinski definition) is 0. The third-order valence-electron chi connectivity index (χ3n) is 13.0. The smallest absolute Gasteiger partial charge is 0.238 e. The molecule has 4 aromatic heterocycles. The van der Waals surface area contributed by atoms with Gasteiger partial charge in [-0.2, -0.15) is 9.97 Å². The average molecular weight is 869 g/mol. The molecule has 0 atom stereocenters. The molecule has 68 heavy (non-hydrogen) atoms. The van der Waals surface area contributed by atoms with Gasteiger partial charge in [-0.3, -0.25) is 4.57 Å². The molecule has 13 aromatic rings. The molecule has 13 rings (SSSR count). The van der Waals surface area contributed by atoms with Crippen LogP contribution in [0.5, 0.6) is 0 Å². The molecule has 0 unspecified atom stereocenters. The normalized spacial score (nSPS) is 11.5. The Kier molecular flexibility index (Phi) is 9.39. The molecule has 0 aliphatic rings. The third kappa shape index (κ3) is 6.74. The van der Waals surface area contributed by atoms with Gasteiger partial charge in [0.05, 0.1) is 33.5 Å². The van der Waals surface area contributed by atoms with Crippen LogP contribution in [0, 0.1) is 0 Å². The van der Waals surface area contributed by atoms with Crippen LogP contribution in [0.25, 0.3) is 123 Å². The number of para-hydroxylation sites is 2. The summed E-state index contributed by atoms with van der Waals surface area (Å²) in [7, 11) is 0. The minimum atomic E-state index is 0.568. The van der Waals surface area contributed by atoms with Crippen LogP contribution < -0.4 is 0 Å². The topological polar surface area (TPSA) is 61.4 Å². The number of pyridine rings is 1. The van der Waals surface area contributed by atoms with E-state index >= 15 is 0 Å². The molecule has 6 nitrogen and oxygen atoms in total. The lowest BCUT2D eigenvalue weighted by Gasteiger charge is -2.13. The molecule has 0 saturated heterocycles. The van der Waals surface area contributed by atoms with E-state index in [-0.39, 0.29) is 0 Å². The van der Waals surface area contributed by atoms with Crippen molar-refractivity contribution < 1.29 is 0 Å². The highest BCUT2D eigenvalue weighted by Crippen LogP contribution is 2.43. The van der Waals surface area contributed by atoms with E-state index in [9.17, 15) is 0 Å². The molecule has 0 radical (unpaired) electrons. The van der Waals surface area contributed by atoms with E-state index < -0.39 is 0 Å². The molecule has 318 valence electrons. The summed E-state index contributed by atoms with van der Waals surface area (Å²) in [6.07, 6.45) is 0. The van der Waals surface area contributed by atoms with Crippen molar-refractivity contribution in [1.29, 1.82) is 0 Å². The zero-order chi connectivity index (χ0) is 45.0. The zero-order valence-corrected chi connectivity index (χ0v) is 36.8. The Morgan fingerprint density at radius 2 is 0.691 bits per heavy atom. The van der Waals surface area contributed by atoms with E-state index in [1.807, 2.05) is 60.7 Å². The first-order valence-electron chi connectivity index (χ1n) is 22.9. The van der Waals surface area contributed by atoms with Gasteiger partial charge in [0.1, 0.15) is 0 Å². The summed E-state index contributed by atoms with van der Waals surface area (Å²) in [4.78, 5) is 20.7. The number of rotatable bonds is 8. The molecule has 0 N–H and O–H groups in total. The maximum Gasteiger partial charge on any atom is 0.238 e. The van der Waals surface area contributed by atoms with Gasteiger partial charge in [0.15, 0.2) is 11.6 Å². The second-order valence-corrected chi connectivity index (χ2v) is 17.1. The quantitative estimate of drug-likeness (QED) is 0.153. The summed E-state index contributed by atoms with van der Waals surface area (Å²) in [5.74, 6) is 1.81. The molecule has 0 aliphatic carbocycles. The fourth-order valence-corrected chi connectivity index (χ4v) is 9.82. The largest absolute Gasteiger partial charge is 0.309 e. The van der Waals surface area contributed by atoms with Crippen molar-refractivity contribution in [2.75, 3.05) is 0 Å². The summed E-state index contributed by atoms with van der Waals surface area (Å²) in [6, 6.07) is 85.2. The van der Waals surface area contributed by atoms with E-state index in [0.29, 0.717) is 17.6 Å². The fourth-order valence-electron chi connectivity index (χ4n) is 9.82. The molecule has 0 spiro atoms. The Labute approximate surface area is 392 Å². The molecule has 0 fully saturated rings. The lowest BCUT2D eigenvalue weighted by molar-refractivity contribution is 0.953. The van der Waals surface area contributed by atoms with Crippen LogP contribution in [-0.4, -0.2) is 29.1 Å². The predicted octanol–water partition coefficient (Wildman–Crippen LogP) is 15.5. The van der Waals surface area contributed by atoms with Gasteiger partial charge in [-0.15, -0.1) is 0 Å². The number of nitrogens with zero attached hydrogens (tertiary/aromatic N) is 6. The lowest BCUT2D eigenvalue weighted by Crippen LogP contribution is -2.06. The molecule has 0 bridgehead atoms. The Morgan fingerprint density at radius 1 is 0.250 bits per heavy atom. The summed E-state index contributed by atoms with van der Waals surface area (Å²) in [5.41, 5.74) is 15.7. The van der Waals surface area contributed by atoms with Gasteiger partial charge in [0.2, 0.25) is 5.95 Å². The highest BCUT2D eigenvalue weighted by atomic mass is 15.2. The van der Waals surface area contributed by atoms with Crippen LogP contribution in [0.4, 0.5) is 0 Å². The first-order valence-corrected chi connectivity index (χ1v) is 22.9. The molecule has 4 heterocycles. The summed E-state index contributed by atoms with van der Waals surface area (Å²) in [6.45, 7) is 0. The van der Waals surface area contributed by atoms with Gasteiger partial charge in [0.25, 0.3) is 0 Å². The highest BCUT2D eigenvalue weighted by molar-refractivity contribution is 6.28. The van der Waals surface area contributed by atoms with Crippen LogP contribution in [0.3, 0.4) is 0 Å². The van der Waals surface area contributed by atoms with Crippen molar-refractivity contribution in [3.8, 4) is 79.2 Å². The Hall–Kier alpha value is -9.26. The van der Waals surface area contributed by atoms with Crippen molar-refractivity contribution in [2.24, 2.45) is 0 Å². The molecule has 0 saturated carbocycles. The zero-order valence-electron chi connectivity index (χ0n) is 36.8. The SMILES string of the molecule is c1ccc(-c2cccc(-c3cc(-c4cccc(-n5c6ccccc6c6c7c8ccccc8n(-c8nc(-c9ccccc9)nc(-c9ccccc9)n8)c7ccc65)c4)cc(-c4ccccc4)n3)c2)cc1. The van der Waals surface area contributed by atoms with Gasteiger partial charge in [-0.1, -0.05) is 188 Å². The Balaban J connectivity index is 1.00. The third-order valence-corrected chi connectivity index (χ3v) is 13.0. The van der Waals surface area contributed by atoms with Crippen LogP contribution in [0.1, 0.15) is 0 Å². The number of aromatic nitrogens is 6. The minimum Gasteiger partial charge on any atom is -0.309 e. The van der Waals surface area contributed by atoms with Gasteiger partial charge in [-0.25, -0.2) is 9.97 Å². The Bertz CT molecular complexity index is 3950. The molecule has 0 amide bonds. The van der Waals surface area contributed by atoms with E-state index in [1.54, 1.807) is 0 Å². The van der Waals surface area contributed by atoms with Crippen molar-refractivity contribution in [2.45, 2.75) is 0 Å². The van der Waals surface area contributed by atoms with E-state index in [1.165, 1.54) is 16.3 Å². The van der Waals surface area contributed by atoms with Crippen molar-refractivity contribution in [3.05, 3.63) is 243 Å². The molecule has 9 aromatic carbocycles.